The molecule has 1 aliphatic rings. The number of carbonyl (C=O) groups excluding carboxylic acids is 2. The molecule has 4 nitrogen and oxygen atoms in total. The third-order valence-corrected chi connectivity index (χ3v) is 2.79. The van der Waals surface area contributed by atoms with Gasteiger partial charge in [-0.25, -0.2) is 0 Å². The van der Waals surface area contributed by atoms with Crippen molar-refractivity contribution >= 4 is 11.9 Å². The maximum absolute atomic E-state index is 11.7. The number of rotatable bonds is 3. The Labute approximate surface area is 95.9 Å². The first-order chi connectivity index (χ1) is 7.69. The molecule has 0 aromatic rings. The number of amides is 1. The lowest BCUT2D eigenvalue weighted by atomic mass is 9.98. The van der Waals surface area contributed by atoms with E-state index in [9.17, 15) is 9.59 Å². The zero-order chi connectivity index (χ0) is 12.0. The Morgan fingerprint density at radius 3 is 2.94 bits per heavy atom. The van der Waals surface area contributed by atoms with E-state index < -0.39 is 0 Å². The number of methoxy groups -OCH3 is 1. The molecule has 0 saturated carbocycles. The summed E-state index contributed by atoms with van der Waals surface area (Å²) in [5.41, 5.74) is 0. The Balaban J connectivity index is 2.47. The average molecular weight is 223 g/mol. The van der Waals surface area contributed by atoms with E-state index in [0.29, 0.717) is 19.4 Å². The molecule has 1 amide bonds. The van der Waals surface area contributed by atoms with Crippen LogP contribution in [-0.2, 0) is 14.3 Å². The van der Waals surface area contributed by atoms with Crippen LogP contribution in [0, 0.1) is 18.3 Å². The van der Waals surface area contributed by atoms with Gasteiger partial charge in [-0.15, -0.1) is 12.3 Å². The van der Waals surface area contributed by atoms with Gasteiger partial charge in [0.25, 0.3) is 0 Å². The predicted octanol–water partition coefficient (Wildman–Crippen LogP) is 0.811. The minimum absolute atomic E-state index is 0.0338. The summed E-state index contributed by atoms with van der Waals surface area (Å²) in [7, 11) is 1.38. The highest BCUT2D eigenvalue weighted by Gasteiger charge is 2.28. The molecule has 1 fully saturated rings. The monoisotopic (exact) mass is 223 g/mol. The molecule has 1 atom stereocenters. The summed E-state index contributed by atoms with van der Waals surface area (Å²) in [4.78, 5) is 24.8. The highest BCUT2D eigenvalue weighted by molar-refractivity contribution is 5.78. The zero-order valence-corrected chi connectivity index (χ0v) is 9.57. The molecule has 4 heteroatoms. The van der Waals surface area contributed by atoms with Crippen LogP contribution in [0.4, 0.5) is 0 Å². The Morgan fingerprint density at radius 2 is 2.31 bits per heavy atom. The van der Waals surface area contributed by atoms with Gasteiger partial charge in [-0.1, -0.05) is 0 Å². The Morgan fingerprint density at radius 1 is 1.56 bits per heavy atom. The quantitative estimate of drug-likeness (QED) is 0.525. The molecule has 0 aromatic carbocycles. The number of hydrogen-bond acceptors (Lipinski definition) is 3. The van der Waals surface area contributed by atoms with Crippen molar-refractivity contribution in [3.05, 3.63) is 0 Å². The van der Waals surface area contributed by atoms with E-state index in [1.165, 1.54) is 7.11 Å². The summed E-state index contributed by atoms with van der Waals surface area (Å²) in [6.07, 6.45) is 7.58. The molecular weight excluding hydrogens is 206 g/mol. The highest BCUT2D eigenvalue weighted by atomic mass is 16.5. The molecule has 88 valence electrons. The van der Waals surface area contributed by atoms with Crippen molar-refractivity contribution < 1.29 is 14.3 Å². The fourth-order valence-electron chi connectivity index (χ4n) is 1.90. The van der Waals surface area contributed by atoms with Gasteiger partial charge in [0, 0.05) is 25.9 Å². The topological polar surface area (TPSA) is 46.6 Å². The second-order valence-corrected chi connectivity index (χ2v) is 3.91. The van der Waals surface area contributed by atoms with Gasteiger partial charge in [0.2, 0.25) is 5.91 Å². The lowest BCUT2D eigenvalue weighted by Gasteiger charge is -2.31. The summed E-state index contributed by atoms with van der Waals surface area (Å²) in [5, 5.41) is 0. The molecule has 0 radical (unpaired) electrons. The molecule has 16 heavy (non-hydrogen) atoms. The van der Waals surface area contributed by atoms with Crippen LogP contribution in [0.25, 0.3) is 0 Å². The maximum Gasteiger partial charge on any atom is 0.310 e. The molecule has 1 unspecified atom stereocenters. The number of esters is 1. The van der Waals surface area contributed by atoms with Crippen molar-refractivity contribution in [1.29, 1.82) is 0 Å². The van der Waals surface area contributed by atoms with Gasteiger partial charge < -0.3 is 9.64 Å². The van der Waals surface area contributed by atoms with Gasteiger partial charge in [0.15, 0.2) is 0 Å². The lowest BCUT2D eigenvalue weighted by Crippen LogP contribution is -2.42. The molecule has 1 saturated heterocycles. The van der Waals surface area contributed by atoms with Crippen LogP contribution in [0.1, 0.15) is 25.7 Å². The van der Waals surface area contributed by atoms with E-state index in [1.54, 1.807) is 4.90 Å². The molecule has 0 bridgehead atoms. The van der Waals surface area contributed by atoms with Crippen LogP contribution in [0.2, 0.25) is 0 Å². The lowest BCUT2D eigenvalue weighted by molar-refractivity contribution is -0.148. The van der Waals surface area contributed by atoms with Crippen LogP contribution < -0.4 is 0 Å². The molecule has 0 aliphatic carbocycles. The number of likely N-dealkylation sites (tertiary alicyclic amines) is 1. The smallest absolute Gasteiger partial charge is 0.310 e. The highest BCUT2D eigenvalue weighted by Crippen LogP contribution is 2.18. The average Bonchev–Trinajstić information content (AvgIpc) is 2.35. The number of terminal acetylenes is 1. The molecule has 0 aromatic heterocycles. The van der Waals surface area contributed by atoms with Crippen LogP contribution in [-0.4, -0.2) is 37.0 Å². The van der Waals surface area contributed by atoms with Gasteiger partial charge in [-0.2, -0.15) is 0 Å². The predicted molar refractivity (Wildman–Crippen MR) is 59.4 cm³/mol. The second kappa shape index (κ2) is 6.16. The molecule has 1 aliphatic heterocycles. The largest absolute Gasteiger partial charge is 0.469 e. The van der Waals surface area contributed by atoms with Crippen molar-refractivity contribution in [2.75, 3.05) is 20.2 Å². The zero-order valence-electron chi connectivity index (χ0n) is 9.57. The van der Waals surface area contributed by atoms with Gasteiger partial charge in [-0.05, 0) is 12.8 Å². The third-order valence-electron chi connectivity index (χ3n) is 2.79. The second-order valence-electron chi connectivity index (χ2n) is 3.91. The van der Waals surface area contributed by atoms with Crippen LogP contribution in [0.15, 0.2) is 0 Å². The number of ether oxygens (including phenoxy) is 1. The summed E-state index contributed by atoms with van der Waals surface area (Å²) < 4.78 is 4.69. The van der Waals surface area contributed by atoms with Crippen molar-refractivity contribution in [1.82, 2.24) is 4.90 Å². The van der Waals surface area contributed by atoms with E-state index in [2.05, 4.69) is 10.7 Å². The van der Waals surface area contributed by atoms with Crippen LogP contribution >= 0.6 is 0 Å². The Bertz CT molecular complexity index is 306. The summed E-state index contributed by atoms with van der Waals surface area (Å²) in [6.45, 7) is 1.19. The van der Waals surface area contributed by atoms with Crippen molar-refractivity contribution in [3.63, 3.8) is 0 Å². The van der Waals surface area contributed by atoms with Crippen LogP contribution in [0.3, 0.4) is 0 Å². The first-order valence-electron chi connectivity index (χ1n) is 5.48. The van der Waals surface area contributed by atoms with E-state index in [-0.39, 0.29) is 17.8 Å². The number of piperidine rings is 1. The van der Waals surface area contributed by atoms with E-state index >= 15 is 0 Å². The molecular formula is C12H17NO3. The molecule has 0 N–H and O–H groups in total. The van der Waals surface area contributed by atoms with E-state index in [0.717, 1.165) is 19.4 Å². The van der Waals surface area contributed by atoms with E-state index in [1.807, 2.05) is 0 Å². The van der Waals surface area contributed by atoms with Crippen LogP contribution in [0.5, 0.6) is 0 Å². The number of carbonyl (C=O) groups is 2. The summed E-state index contributed by atoms with van der Waals surface area (Å²) >= 11 is 0. The number of hydrogen-bond donors (Lipinski definition) is 0. The summed E-state index contributed by atoms with van der Waals surface area (Å²) in [5.74, 6) is 2.08. The fraction of sp³-hybridized carbons (Fsp3) is 0.667. The standard InChI is InChI=1S/C12H17NO3/c1-3-4-7-11(14)13-8-5-6-10(9-13)12(15)16-2/h1,10H,4-9H2,2H3. The fourth-order valence-corrected chi connectivity index (χ4v) is 1.90. The first kappa shape index (κ1) is 12.6. The molecule has 0 spiro atoms. The Kier molecular flexibility index (Phi) is 4.84. The number of nitrogens with zero attached hydrogens (tertiary/aromatic N) is 1. The van der Waals surface area contributed by atoms with Crippen molar-refractivity contribution in [3.8, 4) is 12.3 Å². The minimum Gasteiger partial charge on any atom is -0.469 e. The minimum atomic E-state index is -0.227. The Hall–Kier alpha value is -1.50. The van der Waals surface area contributed by atoms with Gasteiger partial charge in [-0.3, -0.25) is 9.59 Å². The molecule has 1 rings (SSSR count). The van der Waals surface area contributed by atoms with Crippen molar-refractivity contribution in [2.45, 2.75) is 25.7 Å². The van der Waals surface area contributed by atoms with Gasteiger partial charge >= 0.3 is 5.97 Å². The first-order valence-corrected chi connectivity index (χ1v) is 5.48. The maximum atomic E-state index is 11.7. The normalized spacial score (nSPS) is 20.0. The van der Waals surface area contributed by atoms with E-state index in [4.69, 9.17) is 6.42 Å². The summed E-state index contributed by atoms with van der Waals surface area (Å²) in [6, 6.07) is 0. The van der Waals surface area contributed by atoms with Crippen molar-refractivity contribution in [2.24, 2.45) is 5.92 Å². The molecule has 1 heterocycles. The third kappa shape index (κ3) is 3.27. The van der Waals surface area contributed by atoms with Gasteiger partial charge in [0.1, 0.15) is 0 Å². The SMILES string of the molecule is C#CCCC(=O)N1CCCC(C(=O)OC)C1. The van der Waals surface area contributed by atoms with Gasteiger partial charge in [0.05, 0.1) is 13.0 Å².